The molecule has 0 aliphatic heterocycles. The van der Waals surface area contributed by atoms with Crippen molar-refractivity contribution < 1.29 is 42.3 Å². The van der Waals surface area contributed by atoms with Crippen molar-refractivity contribution >= 4 is 29.5 Å². The largest absolute Gasteiger partial charge is 0.481 e. The molecule has 0 fully saturated rings. The SMILES string of the molecule is CC(C)[C@H](NC(=O)CCc1ccccc1)C(=O)N[C@@H](C)C(=O)NC(CC(=O)O)C(=O)Cn1nnc(C(F)(F)F)n1. The number of carboxylic acid groups (broad SMARTS) is 1. The van der Waals surface area contributed by atoms with Crippen LogP contribution in [-0.2, 0) is 43.1 Å². The number of hydrogen-bond acceptors (Lipinski definition) is 8. The molecule has 0 saturated heterocycles. The molecule has 2 rings (SSSR count). The molecule has 3 atom stereocenters. The van der Waals surface area contributed by atoms with E-state index in [0.717, 1.165) is 5.56 Å². The summed E-state index contributed by atoms with van der Waals surface area (Å²) < 4.78 is 38.0. The van der Waals surface area contributed by atoms with Crippen LogP contribution in [0.25, 0.3) is 0 Å². The Hall–Kier alpha value is -4.37. The van der Waals surface area contributed by atoms with Gasteiger partial charge in [-0.05, 0) is 30.0 Å². The van der Waals surface area contributed by atoms with Crippen LogP contribution in [0, 0.1) is 5.92 Å². The fourth-order valence-corrected chi connectivity index (χ4v) is 3.44. The molecular formula is C24H30F3N7O6. The normalized spacial score (nSPS) is 13.7. The Labute approximate surface area is 226 Å². The number of nitrogens with zero attached hydrogens (tertiary/aromatic N) is 4. The highest BCUT2D eigenvalue weighted by molar-refractivity contribution is 5.95. The van der Waals surface area contributed by atoms with E-state index in [4.69, 9.17) is 5.11 Å². The molecule has 0 aliphatic rings. The molecule has 1 aromatic carbocycles. The average molecular weight is 570 g/mol. The summed E-state index contributed by atoms with van der Waals surface area (Å²) >= 11 is 0. The molecule has 13 nitrogen and oxygen atoms in total. The van der Waals surface area contributed by atoms with Crippen LogP contribution in [0.3, 0.4) is 0 Å². The van der Waals surface area contributed by atoms with E-state index in [0.29, 0.717) is 11.2 Å². The van der Waals surface area contributed by atoms with Crippen LogP contribution in [-0.4, -0.2) is 72.9 Å². The summed E-state index contributed by atoms with van der Waals surface area (Å²) in [6, 6.07) is 5.35. The zero-order valence-corrected chi connectivity index (χ0v) is 21.9. The summed E-state index contributed by atoms with van der Waals surface area (Å²) in [6.45, 7) is 3.76. The van der Waals surface area contributed by atoms with Gasteiger partial charge in [0, 0.05) is 6.42 Å². The Bertz CT molecular complexity index is 1200. The molecule has 0 aliphatic carbocycles. The quantitative estimate of drug-likeness (QED) is 0.251. The molecule has 16 heteroatoms. The second-order valence-corrected chi connectivity index (χ2v) is 9.27. The van der Waals surface area contributed by atoms with Crippen LogP contribution in [0.1, 0.15) is 45.0 Å². The van der Waals surface area contributed by atoms with E-state index in [-0.39, 0.29) is 18.2 Å². The number of hydrogen-bond donors (Lipinski definition) is 4. The van der Waals surface area contributed by atoms with Gasteiger partial charge in [0.15, 0.2) is 5.78 Å². The van der Waals surface area contributed by atoms with Gasteiger partial charge >= 0.3 is 12.1 Å². The predicted octanol–water partition coefficient (Wildman–Crippen LogP) is 0.499. The highest BCUT2D eigenvalue weighted by Crippen LogP contribution is 2.24. The van der Waals surface area contributed by atoms with Gasteiger partial charge in [-0.1, -0.05) is 44.2 Å². The molecular weight excluding hydrogens is 539 g/mol. The lowest BCUT2D eigenvalue weighted by Gasteiger charge is -2.25. The summed E-state index contributed by atoms with van der Waals surface area (Å²) in [5, 5.41) is 25.3. The highest BCUT2D eigenvalue weighted by atomic mass is 19.4. The molecule has 0 spiro atoms. The van der Waals surface area contributed by atoms with Gasteiger partial charge < -0.3 is 21.1 Å². The number of tetrazole rings is 1. The van der Waals surface area contributed by atoms with Crippen molar-refractivity contribution in [1.82, 2.24) is 36.2 Å². The first-order valence-electron chi connectivity index (χ1n) is 12.2. The minimum atomic E-state index is -4.90. The molecule has 4 N–H and O–H groups in total. The van der Waals surface area contributed by atoms with Crippen molar-refractivity contribution in [3.63, 3.8) is 0 Å². The number of Topliss-reactive ketones (excluding diaryl/α,β-unsaturated/α-hetero) is 1. The number of halogens is 3. The number of carbonyl (C=O) groups excluding carboxylic acids is 4. The number of rotatable bonds is 14. The first-order chi connectivity index (χ1) is 18.7. The van der Waals surface area contributed by atoms with Crippen molar-refractivity contribution in [3.8, 4) is 0 Å². The minimum absolute atomic E-state index is 0.126. The number of carbonyl (C=O) groups is 5. The number of aromatic nitrogens is 4. The summed E-state index contributed by atoms with van der Waals surface area (Å²) in [4.78, 5) is 62.1. The van der Waals surface area contributed by atoms with E-state index in [1.54, 1.807) is 13.8 Å². The first-order valence-corrected chi connectivity index (χ1v) is 12.2. The third-order valence-corrected chi connectivity index (χ3v) is 5.59. The summed E-state index contributed by atoms with van der Waals surface area (Å²) in [6.07, 6.45) is -5.21. The molecule has 0 radical (unpaired) electrons. The fourth-order valence-electron chi connectivity index (χ4n) is 3.44. The van der Waals surface area contributed by atoms with Gasteiger partial charge in [0.25, 0.3) is 5.82 Å². The van der Waals surface area contributed by atoms with Crippen molar-refractivity contribution in [2.75, 3.05) is 0 Å². The van der Waals surface area contributed by atoms with Crippen molar-refractivity contribution in [1.29, 1.82) is 0 Å². The van der Waals surface area contributed by atoms with Gasteiger partial charge in [-0.25, -0.2) is 0 Å². The number of amides is 3. The molecule has 40 heavy (non-hydrogen) atoms. The second kappa shape index (κ2) is 14.1. The maximum atomic E-state index is 12.8. The van der Waals surface area contributed by atoms with Gasteiger partial charge in [0.1, 0.15) is 24.7 Å². The molecule has 0 bridgehead atoms. The van der Waals surface area contributed by atoms with Gasteiger partial charge in [-0.3, -0.25) is 24.0 Å². The fraction of sp³-hybridized carbons (Fsp3) is 0.500. The summed E-state index contributed by atoms with van der Waals surface area (Å²) in [7, 11) is 0. The molecule has 1 aromatic heterocycles. The van der Waals surface area contributed by atoms with Crippen molar-refractivity contribution in [2.45, 2.75) is 70.9 Å². The summed E-state index contributed by atoms with van der Waals surface area (Å²) in [5.74, 6) is -6.43. The second-order valence-electron chi connectivity index (χ2n) is 9.27. The monoisotopic (exact) mass is 569 g/mol. The Morgan fingerprint density at radius 1 is 0.975 bits per heavy atom. The Kier molecular flexibility index (Phi) is 11.3. The van der Waals surface area contributed by atoms with Crippen LogP contribution in [0.15, 0.2) is 30.3 Å². The smallest absolute Gasteiger partial charge is 0.455 e. The summed E-state index contributed by atoms with van der Waals surface area (Å²) in [5.41, 5.74) is 0.944. The number of aryl methyl sites for hydroxylation is 1. The standard InChI is InChI=1S/C24H30F3N7O6/c1-13(2)20(30-18(36)10-9-15-7-5-4-6-8-15)22(40)28-14(3)21(39)29-16(11-19(37)38)17(35)12-34-32-23(31-33-34)24(25,26)27/h4-8,13-14,16,20H,9-12H2,1-3H3,(H,28,40)(H,29,39)(H,30,36)(H,37,38)/t14-,16?,20-/m0/s1. The number of ketones is 1. The Morgan fingerprint density at radius 2 is 1.62 bits per heavy atom. The van der Waals surface area contributed by atoms with Gasteiger partial charge in [-0.15, -0.1) is 10.2 Å². The zero-order chi connectivity index (χ0) is 30.0. The molecule has 3 amide bonds. The third-order valence-electron chi connectivity index (χ3n) is 5.59. The lowest BCUT2D eigenvalue weighted by Crippen LogP contribution is -2.56. The maximum absolute atomic E-state index is 12.8. The first kappa shape index (κ1) is 31.8. The van der Waals surface area contributed by atoms with Crippen molar-refractivity contribution in [3.05, 3.63) is 41.7 Å². The third kappa shape index (κ3) is 10.1. The lowest BCUT2D eigenvalue weighted by atomic mass is 10.0. The minimum Gasteiger partial charge on any atom is -0.481 e. The van der Waals surface area contributed by atoms with E-state index in [2.05, 4.69) is 31.4 Å². The van der Waals surface area contributed by atoms with E-state index in [1.165, 1.54) is 6.92 Å². The molecule has 218 valence electrons. The van der Waals surface area contributed by atoms with Gasteiger partial charge in [0.05, 0.1) is 6.42 Å². The Morgan fingerprint density at radius 3 is 2.17 bits per heavy atom. The molecule has 1 heterocycles. The van der Waals surface area contributed by atoms with Gasteiger partial charge in [0.2, 0.25) is 17.7 Å². The Balaban J connectivity index is 1.98. The number of nitrogens with one attached hydrogen (secondary N) is 3. The number of carboxylic acids is 1. The maximum Gasteiger partial charge on any atom is 0.455 e. The number of benzene rings is 1. The topological polar surface area (TPSA) is 185 Å². The number of aliphatic carboxylic acids is 1. The molecule has 2 aromatic rings. The van der Waals surface area contributed by atoms with Crippen LogP contribution >= 0.6 is 0 Å². The molecule has 0 saturated carbocycles. The van der Waals surface area contributed by atoms with E-state index < -0.39 is 66.7 Å². The van der Waals surface area contributed by atoms with Crippen LogP contribution < -0.4 is 16.0 Å². The number of alkyl halides is 3. The van der Waals surface area contributed by atoms with E-state index >= 15 is 0 Å². The van der Waals surface area contributed by atoms with Crippen LogP contribution in [0.5, 0.6) is 0 Å². The zero-order valence-electron chi connectivity index (χ0n) is 21.9. The van der Waals surface area contributed by atoms with Crippen LogP contribution in [0.4, 0.5) is 13.2 Å². The lowest BCUT2D eigenvalue weighted by molar-refractivity contribution is -0.145. The van der Waals surface area contributed by atoms with Gasteiger partial charge in [-0.2, -0.15) is 18.0 Å². The highest BCUT2D eigenvalue weighted by Gasteiger charge is 2.37. The predicted molar refractivity (Wildman–Crippen MR) is 131 cm³/mol. The average Bonchev–Trinajstić information content (AvgIpc) is 3.34. The van der Waals surface area contributed by atoms with E-state index in [1.807, 2.05) is 30.3 Å². The van der Waals surface area contributed by atoms with E-state index in [9.17, 15) is 37.1 Å². The van der Waals surface area contributed by atoms with Crippen LogP contribution in [0.2, 0.25) is 0 Å². The molecule has 1 unspecified atom stereocenters. The van der Waals surface area contributed by atoms with Crippen molar-refractivity contribution in [2.24, 2.45) is 5.92 Å².